The Morgan fingerprint density at radius 3 is 2.71 bits per heavy atom. The summed E-state index contributed by atoms with van der Waals surface area (Å²) in [5.41, 5.74) is 0.320. The van der Waals surface area contributed by atoms with E-state index in [-0.39, 0.29) is 5.92 Å². The summed E-state index contributed by atoms with van der Waals surface area (Å²) in [4.78, 5) is 1.83. The van der Waals surface area contributed by atoms with Crippen LogP contribution in [-0.2, 0) is 6.54 Å². The molecule has 0 saturated heterocycles. The summed E-state index contributed by atoms with van der Waals surface area (Å²) in [5, 5.41) is 8.83. The SMILES string of the molecule is CCC(C#N)CN(C)Cc1cc(F)ccc1F. The van der Waals surface area contributed by atoms with Crippen LogP contribution in [0.5, 0.6) is 0 Å². The van der Waals surface area contributed by atoms with Gasteiger partial charge in [0.25, 0.3) is 0 Å². The zero-order valence-electron chi connectivity index (χ0n) is 10.1. The Balaban J connectivity index is 2.65. The molecule has 4 heteroatoms. The van der Waals surface area contributed by atoms with Crippen LogP contribution in [0.2, 0.25) is 0 Å². The molecule has 0 bridgehead atoms. The van der Waals surface area contributed by atoms with Crippen LogP contribution in [0.3, 0.4) is 0 Å². The topological polar surface area (TPSA) is 27.0 Å². The first-order valence-electron chi connectivity index (χ1n) is 5.59. The van der Waals surface area contributed by atoms with Crippen LogP contribution in [0.4, 0.5) is 8.78 Å². The molecule has 0 fully saturated rings. The molecule has 92 valence electrons. The molecule has 1 aromatic carbocycles. The van der Waals surface area contributed by atoms with Crippen LogP contribution in [0.1, 0.15) is 18.9 Å². The lowest BCUT2D eigenvalue weighted by molar-refractivity contribution is 0.288. The van der Waals surface area contributed by atoms with Crippen molar-refractivity contribution in [3.63, 3.8) is 0 Å². The van der Waals surface area contributed by atoms with Gasteiger partial charge in [-0.15, -0.1) is 0 Å². The van der Waals surface area contributed by atoms with E-state index in [4.69, 9.17) is 5.26 Å². The quantitative estimate of drug-likeness (QED) is 0.788. The maximum Gasteiger partial charge on any atom is 0.127 e. The lowest BCUT2D eigenvalue weighted by Gasteiger charge is -2.19. The second kappa shape index (κ2) is 6.31. The summed E-state index contributed by atoms with van der Waals surface area (Å²) >= 11 is 0. The molecule has 0 aromatic heterocycles. The molecular formula is C13H16F2N2. The second-order valence-electron chi connectivity index (χ2n) is 4.17. The first-order valence-corrected chi connectivity index (χ1v) is 5.59. The van der Waals surface area contributed by atoms with Gasteiger partial charge in [0.05, 0.1) is 12.0 Å². The van der Waals surface area contributed by atoms with Gasteiger partial charge in [0, 0.05) is 18.7 Å². The molecule has 0 saturated carbocycles. The number of rotatable bonds is 5. The lowest BCUT2D eigenvalue weighted by atomic mass is 10.1. The number of hydrogen-bond acceptors (Lipinski definition) is 2. The van der Waals surface area contributed by atoms with Crippen LogP contribution in [0, 0.1) is 28.9 Å². The van der Waals surface area contributed by atoms with Crippen molar-refractivity contribution in [1.82, 2.24) is 4.90 Å². The van der Waals surface area contributed by atoms with Crippen molar-refractivity contribution >= 4 is 0 Å². The number of nitrogens with zero attached hydrogens (tertiary/aromatic N) is 2. The summed E-state index contributed by atoms with van der Waals surface area (Å²) in [5.74, 6) is -0.929. The van der Waals surface area contributed by atoms with E-state index in [1.54, 1.807) is 7.05 Å². The predicted octanol–water partition coefficient (Wildman–Crippen LogP) is 2.95. The zero-order chi connectivity index (χ0) is 12.8. The summed E-state index contributed by atoms with van der Waals surface area (Å²) in [6.45, 7) is 2.80. The molecule has 2 nitrogen and oxygen atoms in total. The van der Waals surface area contributed by atoms with Gasteiger partial charge in [-0.3, -0.25) is 0 Å². The number of nitriles is 1. The van der Waals surface area contributed by atoms with Crippen LogP contribution in [0.25, 0.3) is 0 Å². The van der Waals surface area contributed by atoms with E-state index >= 15 is 0 Å². The molecule has 1 atom stereocenters. The average Bonchev–Trinajstić information content (AvgIpc) is 2.31. The Hall–Kier alpha value is -1.47. The van der Waals surface area contributed by atoms with Gasteiger partial charge < -0.3 is 4.90 Å². The highest BCUT2D eigenvalue weighted by Crippen LogP contribution is 2.13. The Kier molecular flexibility index (Phi) is 5.05. The maximum absolute atomic E-state index is 13.4. The van der Waals surface area contributed by atoms with Crippen molar-refractivity contribution in [2.24, 2.45) is 5.92 Å². The second-order valence-corrected chi connectivity index (χ2v) is 4.17. The van der Waals surface area contributed by atoms with Gasteiger partial charge in [-0.1, -0.05) is 6.92 Å². The van der Waals surface area contributed by atoms with Crippen molar-refractivity contribution in [3.8, 4) is 6.07 Å². The van der Waals surface area contributed by atoms with E-state index in [0.717, 1.165) is 18.6 Å². The van der Waals surface area contributed by atoms with Crippen LogP contribution in [0.15, 0.2) is 18.2 Å². The molecule has 0 heterocycles. The first-order chi connectivity index (χ1) is 8.06. The molecule has 1 unspecified atom stereocenters. The van der Waals surface area contributed by atoms with Gasteiger partial charge in [-0.2, -0.15) is 5.26 Å². The molecule has 0 radical (unpaired) electrons. The smallest absolute Gasteiger partial charge is 0.127 e. The van der Waals surface area contributed by atoms with Gasteiger partial charge in [0.2, 0.25) is 0 Å². The van der Waals surface area contributed by atoms with Gasteiger partial charge in [-0.25, -0.2) is 8.78 Å². The van der Waals surface area contributed by atoms with E-state index < -0.39 is 11.6 Å². The molecule has 1 rings (SSSR count). The number of hydrogen-bond donors (Lipinski definition) is 0. The van der Waals surface area contributed by atoms with Crippen molar-refractivity contribution in [2.75, 3.05) is 13.6 Å². The largest absolute Gasteiger partial charge is 0.301 e. The molecule has 0 aliphatic heterocycles. The van der Waals surface area contributed by atoms with E-state index in [1.165, 1.54) is 6.07 Å². The monoisotopic (exact) mass is 238 g/mol. The first kappa shape index (κ1) is 13.6. The highest BCUT2D eigenvalue weighted by Gasteiger charge is 2.11. The molecule has 0 aliphatic carbocycles. The standard InChI is InChI=1S/C13H16F2N2/c1-3-10(7-16)8-17(2)9-11-6-12(14)4-5-13(11)15/h4-6,10H,3,8-9H2,1-2H3. The van der Waals surface area contributed by atoms with E-state index in [0.29, 0.717) is 18.7 Å². The Morgan fingerprint density at radius 1 is 1.41 bits per heavy atom. The zero-order valence-corrected chi connectivity index (χ0v) is 10.1. The fraction of sp³-hybridized carbons (Fsp3) is 0.462. The van der Waals surface area contributed by atoms with Crippen LogP contribution >= 0.6 is 0 Å². The summed E-state index contributed by atoms with van der Waals surface area (Å²) in [6.07, 6.45) is 0.756. The summed E-state index contributed by atoms with van der Waals surface area (Å²) in [7, 11) is 1.80. The number of halogens is 2. The predicted molar refractivity (Wildman–Crippen MR) is 62.1 cm³/mol. The molecule has 17 heavy (non-hydrogen) atoms. The molecule has 1 aromatic rings. The average molecular weight is 238 g/mol. The van der Waals surface area contributed by atoms with Crippen LogP contribution < -0.4 is 0 Å². The van der Waals surface area contributed by atoms with Gasteiger partial charge in [-0.05, 0) is 31.7 Å². The minimum atomic E-state index is -0.442. The number of benzene rings is 1. The third-order valence-corrected chi connectivity index (χ3v) is 2.66. The minimum absolute atomic E-state index is 0.0726. The van der Waals surface area contributed by atoms with Gasteiger partial charge in [0.1, 0.15) is 11.6 Å². The Bertz CT molecular complexity index is 412. The van der Waals surface area contributed by atoms with Crippen molar-refractivity contribution < 1.29 is 8.78 Å². The van der Waals surface area contributed by atoms with Gasteiger partial charge in [0.15, 0.2) is 0 Å². The third-order valence-electron chi connectivity index (χ3n) is 2.66. The maximum atomic E-state index is 13.4. The fourth-order valence-corrected chi connectivity index (χ4v) is 1.66. The van der Waals surface area contributed by atoms with E-state index in [9.17, 15) is 8.78 Å². The minimum Gasteiger partial charge on any atom is -0.301 e. The lowest BCUT2D eigenvalue weighted by Crippen LogP contribution is -2.25. The van der Waals surface area contributed by atoms with Crippen molar-refractivity contribution in [2.45, 2.75) is 19.9 Å². The van der Waals surface area contributed by atoms with Crippen molar-refractivity contribution in [1.29, 1.82) is 5.26 Å². The highest BCUT2D eigenvalue weighted by atomic mass is 19.1. The normalized spacial score (nSPS) is 12.5. The summed E-state index contributed by atoms with van der Waals surface area (Å²) in [6, 6.07) is 5.60. The summed E-state index contributed by atoms with van der Waals surface area (Å²) < 4.78 is 26.3. The Labute approximate surface area is 100 Å². The van der Waals surface area contributed by atoms with E-state index in [2.05, 4.69) is 6.07 Å². The molecule has 0 N–H and O–H groups in total. The molecular weight excluding hydrogens is 222 g/mol. The van der Waals surface area contributed by atoms with Gasteiger partial charge >= 0.3 is 0 Å². The van der Waals surface area contributed by atoms with E-state index in [1.807, 2.05) is 11.8 Å². The highest BCUT2D eigenvalue weighted by molar-refractivity contribution is 5.18. The Morgan fingerprint density at radius 2 is 2.12 bits per heavy atom. The molecule has 0 aliphatic rings. The third kappa shape index (κ3) is 4.12. The van der Waals surface area contributed by atoms with Crippen molar-refractivity contribution in [3.05, 3.63) is 35.4 Å². The fourth-order valence-electron chi connectivity index (χ4n) is 1.66. The van der Waals surface area contributed by atoms with Crippen LogP contribution in [-0.4, -0.2) is 18.5 Å². The molecule has 0 spiro atoms. The molecule has 0 amide bonds.